The SMILES string of the molecule is CCCC(CC)c1nc2c(c3c1C(c1ccc(F)cc1)OC31CCCC1C)C(O)CC(C)(C)C2. The van der Waals surface area contributed by atoms with Crippen molar-refractivity contribution in [3.05, 3.63) is 63.7 Å². The number of aromatic nitrogens is 1. The molecule has 34 heavy (non-hydrogen) atoms. The Kier molecular flexibility index (Phi) is 6.13. The van der Waals surface area contributed by atoms with Crippen molar-refractivity contribution in [2.75, 3.05) is 0 Å². The molecular formula is C30H40FNO2. The molecule has 4 heteroatoms. The second-order valence-electron chi connectivity index (χ2n) is 11.8. The summed E-state index contributed by atoms with van der Waals surface area (Å²) in [4.78, 5) is 5.38. The van der Waals surface area contributed by atoms with E-state index in [1.54, 1.807) is 0 Å². The van der Waals surface area contributed by atoms with Crippen molar-refractivity contribution in [2.45, 2.75) is 110 Å². The van der Waals surface area contributed by atoms with E-state index < -0.39 is 11.7 Å². The predicted octanol–water partition coefficient (Wildman–Crippen LogP) is 7.66. The van der Waals surface area contributed by atoms with Crippen LogP contribution in [0.4, 0.5) is 4.39 Å². The van der Waals surface area contributed by atoms with Gasteiger partial charge < -0.3 is 9.84 Å². The molecule has 1 spiro atoms. The highest BCUT2D eigenvalue weighted by molar-refractivity contribution is 5.55. The lowest BCUT2D eigenvalue weighted by Crippen LogP contribution is -2.34. The fourth-order valence-corrected chi connectivity index (χ4v) is 7.14. The molecule has 1 N–H and O–H groups in total. The summed E-state index contributed by atoms with van der Waals surface area (Å²) < 4.78 is 21.0. The molecule has 2 aliphatic carbocycles. The maximum atomic E-state index is 13.9. The van der Waals surface area contributed by atoms with Gasteiger partial charge in [0, 0.05) is 22.7 Å². The number of hydrogen-bond donors (Lipinski definition) is 1. The highest BCUT2D eigenvalue weighted by Crippen LogP contribution is 2.61. The lowest BCUT2D eigenvalue weighted by Gasteiger charge is -2.39. The number of ether oxygens (including phenoxy) is 1. The van der Waals surface area contributed by atoms with Crippen LogP contribution in [0.3, 0.4) is 0 Å². The summed E-state index contributed by atoms with van der Waals surface area (Å²) in [6.45, 7) is 11.3. The Balaban J connectivity index is 1.82. The number of halogens is 1. The first-order valence-corrected chi connectivity index (χ1v) is 13.4. The molecule has 3 nitrogen and oxygen atoms in total. The van der Waals surface area contributed by atoms with Crippen molar-refractivity contribution in [1.82, 2.24) is 4.98 Å². The van der Waals surface area contributed by atoms with Crippen molar-refractivity contribution in [3.63, 3.8) is 0 Å². The van der Waals surface area contributed by atoms with Crippen LogP contribution in [0.15, 0.2) is 24.3 Å². The third-order valence-electron chi connectivity index (χ3n) is 8.79. The first kappa shape index (κ1) is 23.9. The highest BCUT2D eigenvalue weighted by atomic mass is 19.1. The summed E-state index contributed by atoms with van der Waals surface area (Å²) in [7, 11) is 0. The Labute approximate surface area is 204 Å². The van der Waals surface area contributed by atoms with Crippen LogP contribution in [0.2, 0.25) is 0 Å². The van der Waals surface area contributed by atoms with Gasteiger partial charge in [0.1, 0.15) is 11.9 Å². The zero-order valence-electron chi connectivity index (χ0n) is 21.5. The molecule has 1 aromatic heterocycles. The van der Waals surface area contributed by atoms with E-state index in [4.69, 9.17) is 9.72 Å². The smallest absolute Gasteiger partial charge is 0.123 e. The second-order valence-corrected chi connectivity index (χ2v) is 11.8. The van der Waals surface area contributed by atoms with Gasteiger partial charge in [-0.15, -0.1) is 0 Å². The number of aliphatic hydroxyl groups excluding tert-OH is 1. The number of hydrogen-bond acceptors (Lipinski definition) is 3. The Hall–Kier alpha value is -1.78. The molecule has 5 atom stereocenters. The largest absolute Gasteiger partial charge is 0.388 e. The van der Waals surface area contributed by atoms with Crippen LogP contribution < -0.4 is 0 Å². The van der Waals surface area contributed by atoms with Gasteiger partial charge in [-0.1, -0.05) is 53.2 Å². The molecule has 0 amide bonds. The van der Waals surface area contributed by atoms with E-state index in [0.29, 0.717) is 11.8 Å². The summed E-state index contributed by atoms with van der Waals surface area (Å²) >= 11 is 0. The number of rotatable bonds is 5. The molecule has 2 heterocycles. The zero-order chi connectivity index (χ0) is 24.3. The van der Waals surface area contributed by atoms with Gasteiger partial charge in [0.2, 0.25) is 0 Å². The maximum absolute atomic E-state index is 13.9. The van der Waals surface area contributed by atoms with Crippen molar-refractivity contribution in [3.8, 4) is 0 Å². The zero-order valence-corrected chi connectivity index (χ0v) is 21.5. The minimum Gasteiger partial charge on any atom is -0.388 e. The van der Waals surface area contributed by atoms with Crippen LogP contribution in [0, 0.1) is 17.2 Å². The van der Waals surface area contributed by atoms with Gasteiger partial charge in [-0.25, -0.2) is 4.39 Å². The fourth-order valence-electron chi connectivity index (χ4n) is 7.14. The van der Waals surface area contributed by atoms with E-state index in [2.05, 4.69) is 34.6 Å². The lowest BCUT2D eigenvalue weighted by atomic mass is 9.69. The average Bonchev–Trinajstić information content (AvgIpc) is 3.32. The maximum Gasteiger partial charge on any atom is 0.123 e. The Morgan fingerprint density at radius 2 is 1.91 bits per heavy atom. The molecule has 1 aromatic carbocycles. The highest BCUT2D eigenvalue weighted by Gasteiger charge is 2.55. The van der Waals surface area contributed by atoms with E-state index in [1.165, 1.54) is 23.3 Å². The van der Waals surface area contributed by atoms with E-state index in [0.717, 1.165) is 73.9 Å². The van der Waals surface area contributed by atoms with Crippen LogP contribution in [-0.2, 0) is 16.8 Å². The standard InChI is InChI=1S/C30H40FNO2/c1-6-9-19(7-2)27-25-26(24-22(32-27)16-29(4,5)17-23(24)33)30(15-8-10-18(30)3)34-28(25)20-11-13-21(31)14-12-20/h11-14,18-19,23,28,33H,6-10,15-17H2,1-5H3. The first-order chi connectivity index (χ1) is 16.2. The van der Waals surface area contributed by atoms with Gasteiger partial charge in [0.05, 0.1) is 17.4 Å². The van der Waals surface area contributed by atoms with Crippen molar-refractivity contribution >= 4 is 0 Å². The molecule has 184 valence electrons. The first-order valence-electron chi connectivity index (χ1n) is 13.4. The fraction of sp³-hybridized carbons (Fsp3) is 0.633. The molecule has 1 fully saturated rings. The summed E-state index contributed by atoms with van der Waals surface area (Å²) in [5, 5.41) is 11.5. The number of pyridine rings is 1. The molecule has 0 bridgehead atoms. The van der Waals surface area contributed by atoms with E-state index in [-0.39, 0.29) is 17.3 Å². The van der Waals surface area contributed by atoms with Gasteiger partial charge in [0.15, 0.2) is 0 Å². The normalized spacial score (nSPS) is 30.4. The summed E-state index contributed by atoms with van der Waals surface area (Å²) in [6, 6.07) is 6.80. The molecule has 1 aliphatic heterocycles. The van der Waals surface area contributed by atoms with Crippen molar-refractivity contribution in [1.29, 1.82) is 0 Å². The number of nitrogens with zero attached hydrogens (tertiary/aromatic N) is 1. The Morgan fingerprint density at radius 1 is 1.18 bits per heavy atom. The van der Waals surface area contributed by atoms with Crippen LogP contribution in [0.25, 0.3) is 0 Å². The van der Waals surface area contributed by atoms with E-state index in [1.807, 2.05) is 12.1 Å². The van der Waals surface area contributed by atoms with E-state index in [9.17, 15) is 9.50 Å². The lowest BCUT2D eigenvalue weighted by molar-refractivity contribution is -0.0842. The van der Waals surface area contributed by atoms with Crippen LogP contribution in [0.1, 0.15) is 131 Å². The van der Waals surface area contributed by atoms with Gasteiger partial charge in [-0.2, -0.15) is 0 Å². The summed E-state index contributed by atoms with van der Waals surface area (Å²) in [5.74, 6) is 0.485. The van der Waals surface area contributed by atoms with Crippen LogP contribution >= 0.6 is 0 Å². The van der Waals surface area contributed by atoms with Gasteiger partial charge in [-0.05, 0) is 79.5 Å². The molecule has 2 aromatic rings. The van der Waals surface area contributed by atoms with Gasteiger partial charge >= 0.3 is 0 Å². The molecule has 5 unspecified atom stereocenters. The molecule has 3 aliphatic rings. The number of fused-ring (bicyclic) bond motifs is 4. The molecular weight excluding hydrogens is 425 g/mol. The predicted molar refractivity (Wildman–Crippen MR) is 133 cm³/mol. The molecule has 5 rings (SSSR count). The minimum absolute atomic E-state index is 0.0155. The third-order valence-corrected chi connectivity index (χ3v) is 8.79. The topological polar surface area (TPSA) is 42.4 Å². The molecule has 0 saturated heterocycles. The molecule has 1 saturated carbocycles. The van der Waals surface area contributed by atoms with Crippen LogP contribution in [-0.4, -0.2) is 10.1 Å². The number of aliphatic hydroxyl groups is 1. The van der Waals surface area contributed by atoms with Crippen molar-refractivity contribution < 1.29 is 14.2 Å². The average molecular weight is 466 g/mol. The molecule has 0 radical (unpaired) electrons. The number of benzene rings is 1. The van der Waals surface area contributed by atoms with Crippen molar-refractivity contribution in [2.24, 2.45) is 11.3 Å². The Morgan fingerprint density at radius 3 is 2.53 bits per heavy atom. The van der Waals surface area contributed by atoms with Gasteiger partial charge in [-0.3, -0.25) is 4.98 Å². The second kappa shape index (κ2) is 8.71. The minimum atomic E-state index is -0.527. The summed E-state index contributed by atoms with van der Waals surface area (Å²) in [5.41, 5.74) is 6.30. The Bertz CT molecular complexity index is 1060. The van der Waals surface area contributed by atoms with Gasteiger partial charge in [0.25, 0.3) is 0 Å². The quantitative estimate of drug-likeness (QED) is 0.493. The van der Waals surface area contributed by atoms with E-state index >= 15 is 0 Å². The summed E-state index contributed by atoms with van der Waals surface area (Å²) in [6.07, 6.45) is 7.25. The monoisotopic (exact) mass is 465 g/mol. The van der Waals surface area contributed by atoms with Crippen LogP contribution in [0.5, 0.6) is 0 Å². The third kappa shape index (κ3) is 3.73.